The zero-order chi connectivity index (χ0) is 36.2. The molecule has 12 heteroatoms. The molecule has 0 radical (unpaired) electrons. The van der Waals surface area contributed by atoms with Crippen LogP contribution in [0.5, 0.6) is 23.0 Å². The Labute approximate surface area is 298 Å². The van der Waals surface area contributed by atoms with Crippen LogP contribution in [0.4, 0.5) is 14.5 Å². The number of aromatic nitrogens is 3. The van der Waals surface area contributed by atoms with Gasteiger partial charge in [0, 0.05) is 35.9 Å². The van der Waals surface area contributed by atoms with E-state index in [0.29, 0.717) is 46.0 Å². The maximum atomic E-state index is 15.5. The van der Waals surface area contributed by atoms with Gasteiger partial charge in [-0.25, -0.2) is 13.5 Å². The molecule has 1 aliphatic rings. The summed E-state index contributed by atoms with van der Waals surface area (Å²) in [6.07, 6.45) is 4.91. The molecule has 1 amide bonds. The van der Waals surface area contributed by atoms with Crippen LogP contribution in [-0.2, 0) is 0 Å². The number of hydrogen-bond donors (Lipinski definition) is 1. The van der Waals surface area contributed by atoms with Crippen LogP contribution in [0.1, 0.15) is 36.7 Å². The van der Waals surface area contributed by atoms with E-state index in [4.69, 9.17) is 14.2 Å². The Hall–Kier alpha value is -5.88. The first kappa shape index (κ1) is 34.6. The van der Waals surface area contributed by atoms with Crippen molar-refractivity contribution in [1.29, 1.82) is 0 Å². The summed E-state index contributed by atoms with van der Waals surface area (Å²) in [5.41, 5.74) is 0.522. The van der Waals surface area contributed by atoms with Crippen LogP contribution in [0.15, 0.2) is 95.9 Å². The monoisotopic (exact) mass is 705 g/mol. The summed E-state index contributed by atoms with van der Waals surface area (Å²) < 4.78 is 48.2. The molecule has 0 aliphatic carbocycles. The van der Waals surface area contributed by atoms with Crippen molar-refractivity contribution in [2.24, 2.45) is 5.92 Å². The summed E-state index contributed by atoms with van der Waals surface area (Å²) in [7, 11) is 1.55. The van der Waals surface area contributed by atoms with Crippen molar-refractivity contribution in [1.82, 2.24) is 19.7 Å². The lowest BCUT2D eigenvalue weighted by atomic mass is 9.99. The number of fused-ring (bicyclic) bond motifs is 2. The second kappa shape index (κ2) is 15.2. The number of likely N-dealkylation sites (tertiary alicyclic amines) is 1. The number of ether oxygens (including phenoxy) is 3. The first-order valence-electron chi connectivity index (χ1n) is 17.2. The number of carbonyl (C=O) groups excluding carboxylic acids is 1. The smallest absolute Gasteiger partial charge is 0.280 e. The van der Waals surface area contributed by atoms with E-state index >= 15 is 4.39 Å². The number of halogens is 2. The van der Waals surface area contributed by atoms with Crippen LogP contribution in [0.2, 0.25) is 0 Å². The second-order valence-corrected chi connectivity index (χ2v) is 12.8. The SMILES string of the molecule is COc1cc2c(Oc3ccc(NC(=O)c4nn(-c5ccc(F)cc5)c5ccccc5c4=O)cc3F)ccnc2cc1OCCCN1CCC(C)CC1. The molecule has 1 N–H and O–H groups in total. The van der Waals surface area contributed by atoms with Crippen molar-refractivity contribution in [2.75, 3.05) is 38.7 Å². The number of nitrogens with one attached hydrogen (secondary N) is 1. The van der Waals surface area contributed by atoms with Crippen LogP contribution < -0.4 is 25.0 Å². The Morgan fingerprint density at radius 3 is 2.46 bits per heavy atom. The average molecular weight is 706 g/mol. The third-order valence-corrected chi connectivity index (χ3v) is 9.23. The van der Waals surface area contributed by atoms with E-state index in [9.17, 15) is 14.0 Å². The minimum atomic E-state index is -0.842. The highest BCUT2D eigenvalue weighted by Gasteiger charge is 2.20. The molecular weight excluding hydrogens is 668 g/mol. The number of carbonyl (C=O) groups is 1. The van der Waals surface area contributed by atoms with Gasteiger partial charge >= 0.3 is 0 Å². The maximum absolute atomic E-state index is 15.5. The summed E-state index contributed by atoms with van der Waals surface area (Å²) in [5, 5.41) is 7.70. The molecule has 1 saturated heterocycles. The lowest BCUT2D eigenvalue weighted by molar-refractivity contribution is 0.102. The minimum Gasteiger partial charge on any atom is -0.493 e. The van der Waals surface area contributed by atoms with Crippen LogP contribution >= 0.6 is 0 Å². The summed E-state index contributed by atoms with van der Waals surface area (Å²) in [6.45, 7) is 6.05. The van der Waals surface area contributed by atoms with Crippen molar-refractivity contribution in [3.63, 3.8) is 0 Å². The van der Waals surface area contributed by atoms with Gasteiger partial charge in [-0.1, -0.05) is 19.1 Å². The zero-order valence-electron chi connectivity index (χ0n) is 28.8. The van der Waals surface area contributed by atoms with Gasteiger partial charge in [-0.15, -0.1) is 0 Å². The van der Waals surface area contributed by atoms with Gasteiger partial charge in [0.1, 0.15) is 11.6 Å². The third-order valence-electron chi connectivity index (χ3n) is 9.23. The largest absolute Gasteiger partial charge is 0.493 e. The molecule has 0 atom stereocenters. The van der Waals surface area contributed by atoms with E-state index in [1.807, 2.05) is 0 Å². The Bertz CT molecular complexity index is 2310. The highest BCUT2D eigenvalue weighted by Crippen LogP contribution is 2.38. The highest BCUT2D eigenvalue weighted by molar-refractivity contribution is 6.04. The van der Waals surface area contributed by atoms with E-state index in [-0.39, 0.29) is 16.8 Å². The number of nitrogens with zero attached hydrogens (tertiary/aromatic N) is 4. The lowest BCUT2D eigenvalue weighted by Crippen LogP contribution is -2.34. The predicted octanol–water partition coefficient (Wildman–Crippen LogP) is 7.77. The Morgan fingerprint density at radius 1 is 0.904 bits per heavy atom. The molecule has 3 heterocycles. The van der Waals surface area contributed by atoms with Crippen LogP contribution in [0.25, 0.3) is 27.5 Å². The van der Waals surface area contributed by atoms with Crippen molar-refractivity contribution in [3.05, 3.63) is 119 Å². The fourth-order valence-electron chi connectivity index (χ4n) is 6.32. The molecule has 0 spiro atoms. The van der Waals surface area contributed by atoms with Gasteiger partial charge in [-0.05, 0) is 98.9 Å². The van der Waals surface area contributed by atoms with E-state index in [1.54, 1.807) is 55.8 Å². The van der Waals surface area contributed by atoms with Crippen molar-refractivity contribution >= 4 is 33.4 Å². The van der Waals surface area contributed by atoms with E-state index in [0.717, 1.165) is 38.0 Å². The maximum Gasteiger partial charge on any atom is 0.280 e. The Balaban J connectivity index is 1.07. The molecule has 266 valence electrons. The van der Waals surface area contributed by atoms with Crippen LogP contribution in [0.3, 0.4) is 0 Å². The molecule has 52 heavy (non-hydrogen) atoms. The number of piperidine rings is 1. The number of amides is 1. The molecule has 1 aliphatic heterocycles. The molecule has 0 bridgehead atoms. The fourth-order valence-corrected chi connectivity index (χ4v) is 6.32. The first-order chi connectivity index (χ1) is 25.3. The number of anilines is 1. The summed E-state index contributed by atoms with van der Waals surface area (Å²) in [4.78, 5) is 33.6. The summed E-state index contributed by atoms with van der Waals surface area (Å²) in [5.74, 6) is 0.0455. The molecule has 4 aromatic carbocycles. The number of methoxy groups -OCH3 is 1. The third kappa shape index (κ3) is 7.42. The average Bonchev–Trinajstić information content (AvgIpc) is 3.15. The van der Waals surface area contributed by atoms with Crippen molar-refractivity contribution in [3.8, 4) is 28.7 Å². The number of rotatable bonds is 11. The number of benzene rings is 4. The van der Waals surface area contributed by atoms with Gasteiger partial charge in [0.2, 0.25) is 5.43 Å². The van der Waals surface area contributed by atoms with Gasteiger partial charge in [0.25, 0.3) is 5.91 Å². The molecule has 1 fully saturated rings. The topological polar surface area (TPSA) is 108 Å². The van der Waals surface area contributed by atoms with Gasteiger partial charge in [-0.2, -0.15) is 5.10 Å². The summed E-state index contributed by atoms with van der Waals surface area (Å²) >= 11 is 0. The van der Waals surface area contributed by atoms with Crippen molar-refractivity contribution in [2.45, 2.75) is 26.2 Å². The van der Waals surface area contributed by atoms with Gasteiger partial charge in [0.15, 0.2) is 28.8 Å². The molecule has 0 unspecified atom stereocenters. The number of pyridine rings is 1. The Morgan fingerprint density at radius 2 is 1.69 bits per heavy atom. The molecule has 7 rings (SSSR count). The highest BCUT2D eigenvalue weighted by atomic mass is 19.1. The molecular formula is C40H37F2N5O5. The van der Waals surface area contributed by atoms with E-state index in [2.05, 4.69) is 27.2 Å². The molecule has 10 nitrogen and oxygen atoms in total. The van der Waals surface area contributed by atoms with E-state index < -0.39 is 28.7 Å². The zero-order valence-corrected chi connectivity index (χ0v) is 28.8. The number of para-hydroxylation sites is 1. The quantitative estimate of drug-likeness (QED) is 0.136. The lowest BCUT2D eigenvalue weighted by Gasteiger charge is -2.30. The first-order valence-corrected chi connectivity index (χ1v) is 17.2. The normalized spacial score (nSPS) is 13.7. The van der Waals surface area contributed by atoms with Gasteiger partial charge in [-0.3, -0.25) is 14.6 Å². The Kier molecular flexibility index (Phi) is 10.1. The molecule has 2 aromatic heterocycles. The summed E-state index contributed by atoms with van der Waals surface area (Å²) in [6, 6.07) is 21.2. The van der Waals surface area contributed by atoms with E-state index in [1.165, 1.54) is 53.9 Å². The molecule has 6 aromatic rings. The van der Waals surface area contributed by atoms with Gasteiger partial charge in [0.05, 0.1) is 35.8 Å². The predicted molar refractivity (Wildman–Crippen MR) is 195 cm³/mol. The van der Waals surface area contributed by atoms with Crippen molar-refractivity contribution < 1.29 is 27.8 Å². The van der Waals surface area contributed by atoms with Crippen LogP contribution in [-0.4, -0.2) is 58.9 Å². The van der Waals surface area contributed by atoms with Gasteiger partial charge < -0.3 is 24.4 Å². The fraction of sp³-hybridized carbons (Fsp3) is 0.250. The standard InChI is InChI=1S/C40H37F2N5O5/c1-25-15-19-46(20-16-25)18-5-21-51-37-24-32-30(23-36(37)50-2)34(14-17-43-32)52-35-13-10-27(22-31(35)42)44-40(49)38-39(48)29-6-3-4-7-33(29)47(45-38)28-11-8-26(41)9-12-28/h3-4,6-14,17,22-25H,5,15-16,18-21H2,1-2H3,(H,44,49). The van der Waals surface area contributed by atoms with Crippen LogP contribution in [0, 0.1) is 17.6 Å². The minimum absolute atomic E-state index is 0.0791. The number of hydrogen-bond acceptors (Lipinski definition) is 8. The molecule has 0 saturated carbocycles. The second-order valence-electron chi connectivity index (χ2n) is 12.8.